The number of rotatable bonds is 6. The highest BCUT2D eigenvalue weighted by atomic mass is 16.5. The van der Waals surface area contributed by atoms with E-state index in [2.05, 4.69) is 22.1 Å². The smallest absolute Gasteiger partial charge is 0.411 e. The summed E-state index contributed by atoms with van der Waals surface area (Å²) >= 11 is 0. The zero-order valence-electron chi connectivity index (χ0n) is 13.4. The quantitative estimate of drug-likeness (QED) is 0.479. The Morgan fingerprint density at radius 1 is 1.10 bits per heavy atom. The van der Waals surface area contributed by atoms with Gasteiger partial charge in [0.15, 0.2) is 0 Å². The Morgan fingerprint density at radius 3 is 2.14 bits per heavy atom. The molecule has 0 radical (unpaired) electrons. The Bertz CT molecular complexity index is 477. The van der Waals surface area contributed by atoms with Gasteiger partial charge in [-0.3, -0.25) is 9.89 Å². The zero-order valence-corrected chi connectivity index (χ0v) is 13.4. The van der Waals surface area contributed by atoms with Crippen molar-refractivity contribution in [3.8, 4) is 0 Å². The zero-order chi connectivity index (χ0) is 15.7. The maximum atomic E-state index is 11.3. The first-order valence-electron chi connectivity index (χ1n) is 7.40. The lowest BCUT2D eigenvalue weighted by atomic mass is 10.2. The molecule has 1 aromatic rings. The molecule has 0 aliphatic carbocycles. The monoisotopic (exact) mass is 292 g/mol. The molecule has 0 saturated carbocycles. The van der Waals surface area contributed by atoms with Gasteiger partial charge in [0.05, 0.1) is 20.7 Å². The lowest BCUT2D eigenvalue weighted by molar-refractivity contribution is -0.465. The van der Waals surface area contributed by atoms with E-state index in [0.29, 0.717) is 6.61 Å². The number of anilines is 2. The van der Waals surface area contributed by atoms with Crippen molar-refractivity contribution in [2.45, 2.75) is 33.1 Å². The van der Waals surface area contributed by atoms with Crippen molar-refractivity contribution in [1.29, 1.82) is 0 Å². The summed E-state index contributed by atoms with van der Waals surface area (Å²) in [4.78, 5) is 11.3. The van der Waals surface area contributed by atoms with Crippen molar-refractivity contribution in [2.24, 2.45) is 0 Å². The number of unbranched alkanes of at least 4 members (excludes halogenated alkanes) is 1. The third-order valence-electron chi connectivity index (χ3n) is 3.00. The Labute approximate surface area is 127 Å². The molecule has 0 saturated heterocycles. The summed E-state index contributed by atoms with van der Waals surface area (Å²) in [6.07, 6.45) is 2.92. The number of hydrogen-bond donors (Lipinski definition) is 2. The number of nitrogens with zero attached hydrogens (tertiary/aromatic N) is 1. The van der Waals surface area contributed by atoms with E-state index in [1.54, 1.807) is 6.92 Å². The van der Waals surface area contributed by atoms with Crippen LogP contribution < -0.4 is 10.6 Å². The summed E-state index contributed by atoms with van der Waals surface area (Å²) in [7, 11) is 4.07. The number of carbonyl (C=O) groups excluding carboxylic acids is 1. The topological polar surface area (TPSA) is 53.4 Å². The summed E-state index contributed by atoms with van der Waals surface area (Å²) in [5.74, 6) is 1.18. The van der Waals surface area contributed by atoms with Gasteiger partial charge in [0.25, 0.3) is 0 Å². The second-order valence-electron chi connectivity index (χ2n) is 4.99. The molecule has 0 atom stereocenters. The SMILES string of the molecule is CCCCC(Nc1ccc(NC(=O)OCC)cc1)=[N+](C)C. The molecule has 0 bridgehead atoms. The molecule has 0 aliphatic rings. The van der Waals surface area contributed by atoms with Gasteiger partial charge in [-0.25, -0.2) is 10.1 Å². The highest BCUT2D eigenvalue weighted by molar-refractivity contribution is 5.92. The van der Waals surface area contributed by atoms with Gasteiger partial charge in [-0.15, -0.1) is 0 Å². The molecule has 1 amide bonds. The number of benzene rings is 1. The molecule has 1 rings (SSSR count). The number of nitrogens with one attached hydrogen (secondary N) is 2. The normalized spacial score (nSPS) is 9.90. The van der Waals surface area contributed by atoms with E-state index in [1.807, 2.05) is 38.4 Å². The van der Waals surface area contributed by atoms with E-state index in [1.165, 1.54) is 12.3 Å². The van der Waals surface area contributed by atoms with Gasteiger partial charge in [-0.2, -0.15) is 0 Å². The number of ether oxygens (including phenoxy) is 1. The Hall–Kier alpha value is -2.04. The molecule has 116 valence electrons. The highest BCUT2D eigenvalue weighted by Crippen LogP contribution is 2.14. The van der Waals surface area contributed by atoms with Gasteiger partial charge in [0.1, 0.15) is 5.69 Å². The minimum Gasteiger partial charge on any atom is -0.450 e. The molecule has 21 heavy (non-hydrogen) atoms. The molecule has 0 heterocycles. The molecule has 2 N–H and O–H groups in total. The first-order valence-corrected chi connectivity index (χ1v) is 7.40. The molecule has 0 unspecified atom stereocenters. The molecule has 5 nitrogen and oxygen atoms in total. The van der Waals surface area contributed by atoms with E-state index in [9.17, 15) is 4.79 Å². The van der Waals surface area contributed by atoms with E-state index in [0.717, 1.165) is 24.2 Å². The largest absolute Gasteiger partial charge is 0.450 e. The highest BCUT2D eigenvalue weighted by Gasteiger charge is 2.09. The Morgan fingerprint density at radius 2 is 1.67 bits per heavy atom. The van der Waals surface area contributed by atoms with Crippen LogP contribution in [-0.4, -0.2) is 37.2 Å². The first kappa shape index (κ1) is 17.0. The lowest BCUT2D eigenvalue weighted by Crippen LogP contribution is -2.22. The number of carbonyl (C=O) groups is 1. The number of hydrogen-bond acceptors (Lipinski definition) is 2. The van der Waals surface area contributed by atoms with Crippen molar-refractivity contribution < 1.29 is 14.1 Å². The fourth-order valence-corrected chi connectivity index (χ4v) is 1.83. The summed E-state index contributed by atoms with van der Waals surface area (Å²) in [6.45, 7) is 4.33. The van der Waals surface area contributed by atoms with Crippen LogP contribution in [0.4, 0.5) is 16.2 Å². The molecule has 0 fully saturated rings. The van der Waals surface area contributed by atoms with Gasteiger partial charge in [-0.05, 0) is 37.6 Å². The van der Waals surface area contributed by atoms with Crippen LogP contribution in [0.3, 0.4) is 0 Å². The lowest BCUT2D eigenvalue weighted by Gasteiger charge is -2.08. The van der Waals surface area contributed by atoms with Crippen LogP contribution in [-0.2, 0) is 4.74 Å². The Balaban J connectivity index is 2.65. The van der Waals surface area contributed by atoms with E-state index >= 15 is 0 Å². The predicted octanol–water partition coefficient (Wildman–Crippen LogP) is 3.53. The van der Waals surface area contributed by atoms with E-state index in [-0.39, 0.29) is 0 Å². The average molecular weight is 292 g/mol. The summed E-state index contributed by atoms with van der Waals surface area (Å²) in [5.41, 5.74) is 1.73. The third-order valence-corrected chi connectivity index (χ3v) is 3.00. The predicted molar refractivity (Wildman–Crippen MR) is 87.3 cm³/mol. The van der Waals surface area contributed by atoms with Crippen LogP contribution in [0.5, 0.6) is 0 Å². The summed E-state index contributed by atoms with van der Waals surface area (Å²) in [5, 5.41) is 6.09. The first-order chi connectivity index (χ1) is 10.1. The maximum absolute atomic E-state index is 11.3. The van der Waals surface area contributed by atoms with Gasteiger partial charge in [-0.1, -0.05) is 13.3 Å². The van der Waals surface area contributed by atoms with Crippen LogP contribution in [0.1, 0.15) is 33.1 Å². The van der Waals surface area contributed by atoms with Crippen LogP contribution in [0, 0.1) is 0 Å². The molecule has 5 heteroatoms. The molecular formula is C16H26N3O2+. The fourth-order valence-electron chi connectivity index (χ4n) is 1.83. The second kappa shape index (κ2) is 9.00. The van der Waals surface area contributed by atoms with Crippen LogP contribution in [0.15, 0.2) is 24.3 Å². The summed E-state index contributed by atoms with van der Waals surface area (Å²) < 4.78 is 6.94. The Kier molecular flexibility index (Phi) is 7.29. The molecule has 0 aromatic heterocycles. The standard InChI is InChI=1S/C16H25N3O2/c1-5-7-8-15(19(3)4)17-13-9-11-14(12-10-13)18-16(20)21-6-2/h9-12H,5-8H2,1-4H3,(H,18,20)/p+1. The second-order valence-corrected chi connectivity index (χ2v) is 4.99. The van der Waals surface area contributed by atoms with Crippen molar-refractivity contribution in [2.75, 3.05) is 31.3 Å². The van der Waals surface area contributed by atoms with E-state index in [4.69, 9.17) is 4.74 Å². The molecule has 1 aromatic carbocycles. The van der Waals surface area contributed by atoms with Crippen molar-refractivity contribution in [1.82, 2.24) is 0 Å². The van der Waals surface area contributed by atoms with Gasteiger partial charge in [0.2, 0.25) is 5.84 Å². The number of amidine groups is 1. The summed E-state index contributed by atoms with van der Waals surface area (Å²) in [6, 6.07) is 7.59. The van der Waals surface area contributed by atoms with Crippen LogP contribution >= 0.6 is 0 Å². The maximum Gasteiger partial charge on any atom is 0.411 e. The molecule has 0 aliphatic heterocycles. The fraction of sp³-hybridized carbons (Fsp3) is 0.500. The van der Waals surface area contributed by atoms with Gasteiger partial charge >= 0.3 is 6.09 Å². The van der Waals surface area contributed by atoms with E-state index < -0.39 is 6.09 Å². The molecular weight excluding hydrogens is 266 g/mol. The van der Waals surface area contributed by atoms with Gasteiger partial charge in [0, 0.05) is 12.1 Å². The minimum atomic E-state index is -0.429. The molecule has 0 spiro atoms. The third kappa shape index (κ3) is 6.29. The van der Waals surface area contributed by atoms with Crippen molar-refractivity contribution >= 4 is 23.3 Å². The number of amides is 1. The van der Waals surface area contributed by atoms with Crippen molar-refractivity contribution in [3.05, 3.63) is 24.3 Å². The van der Waals surface area contributed by atoms with Crippen LogP contribution in [0.2, 0.25) is 0 Å². The van der Waals surface area contributed by atoms with Crippen LogP contribution in [0.25, 0.3) is 0 Å². The average Bonchev–Trinajstić information content (AvgIpc) is 2.45. The minimum absolute atomic E-state index is 0.365. The van der Waals surface area contributed by atoms with Gasteiger partial charge < -0.3 is 4.74 Å². The van der Waals surface area contributed by atoms with Crippen molar-refractivity contribution in [3.63, 3.8) is 0 Å².